The quantitative estimate of drug-likeness (QED) is 0.410. The van der Waals surface area contributed by atoms with E-state index in [4.69, 9.17) is 0 Å². The van der Waals surface area contributed by atoms with Gasteiger partial charge in [0.2, 0.25) is 6.41 Å². The van der Waals surface area contributed by atoms with E-state index in [-0.39, 0.29) is 11.4 Å². The van der Waals surface area contributed by atoms with E-state index < -0.39 is 10.7 Å². The Hall–Kier alpha value is -2.11. The first-order chi connectivity index (χ1) is 6.15. The highest BCUT2D eigenvalue weighted by Gasteiger charge is 2.05. The Kier molecular flexibility index (Phi) is 2.44. The zero-order valence-electron chi connectivity index (χ0n) is 6.39. The number of nitro benzene ring substituents is 1. The van der Waals surface area contributed by atoms with Gasteiger partial charge in [0.25, 0.3) is 5.69 Å². The van der Waals surface area contributed by atoms with Gasteiger partial charge >= 0.3 is 0 Å². The summed E-state index contributed by atoms with van der Waals surface area (Å²) in [5, 5.41) is 23.3. The summed E-state index contributed by atoms with van der Waals surface area (Å²) in [5.74, 6) is -0.460. The van der Waals surface area contributed by atoms with Gasteiger partial charge in [0.1, 0.15) is 0 Å². The molecule has 1 amide bonds. The molecule has 0 aromatic heterocycles. The van der Waals surface area contributed by atoms with Crippen molar-refractivity contribution in [1.29, 1.82) is 0 Å². The highest BCUT2D eigenvalue weighted by atomic mass is 16.6. The maximum absolute atomic E-state index is 10.9. The molecule has 0 aliphatic heterocycles. The van der Waals surface area contributed by atoms with Crippen LogP contribution in [-0.2, 0) is 4.79 Å². The molecule has 0 saturated heterocycles. The minimum atomic E-state index is -0.643. The summed E-state index contributed by atoms with van der Waals surface area (Å²) in [6.45, 7) is 0. The van der Waals surface area contributed by atoms with Crippen LogP contribution in [0.2, 0.25) is 0 Å². The van der Waals surface area contributed by atoms with Crippen LogP contribution in [0.15, 0.2) is 18.2 Å². The second kappa shape index (κ2) is 3.53. The first-order valence-electron chi connectivity index (χ1n) is 3.31. The second-order valence-corrected chi connectivity index (χ2v) is 2.20. The first kappa shape index (κ1) is 8.98. The Labute approximate surface area is 73.0 Å². The summed E-state index contributed by atoms with van der Waals surface area (Å²) < 4.78 is 0. The number of carbonyl (C=O) groups excluding carboxylic acids is 1. The van der Waals surface area contributed by atoms with Crippen LogP contribution in [0, 0.1) is 10.1 Å². The standard InChI is InChI=1S/C7H6N2O4/c10-4-8-6-3-5(9(12)13)1-2-7(6)11/h1-4,11H,(H,8,10)/p-1. The second-order valence-electron chi connectivity index (χ2n) is 2.20. The minimum absolute atomic E-state index is 0.0933. The van der Waals surface area contributed by atoms with Gasteiger partial charge in [-0.05, 0) is 0 Å². The molecule has 0 heterocycles. The molecule has 1 aromatic rings. The number of non-ortho nitro benzene ring substituents is 1. The third-order valence-corrected chi connectivity index (χ3v) is 1.39. The van der Waals surface area contributed by atoms with Gasteiger partial charge in [0.15, 0.2) is 0 Å². The average molecular weight is 181 g/mol. The number of anilines is 1. The van der Waals surface area contributed by atoms with E-state index in [0.717, 1.165) is 18.2 Å². The van der Waals surface area contributed by atoms with E-state index in [2.05, 4.69) is 5.32 Å². The fourth-order valence-electron chi connectivity index (χ4n) is 0.808. The summed E-state index contributed by atoms with van der Waals surface area (Å²) in [4.78, 5) is 19.6. The molecule has 0 saturated carbocycles. The number of rotatable bonds is 3. The van der Waals surface area contributed by atoms with Gasteiger partial charge in [-0.15, -0.1) is 0 Å². The SMILES string of the molecule is O=CNc1cc([N+](=O)[O-])ccc1[O-]. The number of benzene rings is 1. The Balaban J connectivity index is 3.10. The molecular weight excluding hydrogens is 176 g/mol. The summed E-state index contributed by atoms with van der Waals surface area (Å²) in [6, 6.07) is 3.12. The molecule has 0 aliphatic carbocycles. The fourth-order valence-corrected chi connectivity index (χ4v) is 0.808. The molecular formula is C7H5N2O4-. The van der Waals surface area contributed by atoms with Gasteiger partial charge in [0, 0.05) is 17.8 Å². The lowest BCUT2D eigenvalue weighted by Gasteiger charge is -2.10. The minimum Gasteiger partial charge on any atom is -0.871 e. The van der Waals surface area contributed by atoms with Gasteiger partial charge in [-0.1, -0.05) is 11.8 Å². The highest BCUT2D eigenvalue weighted by molar-refractivity contribution is 5.76. The molecule has 0 bridgehead atoms. The van der Waals surface area contributed by atoms with Crippen LogP contribution in [0.1, 0.15) is 0 Å². The van der Waals surface area contributed by atoms with Gasteiger partial charge in [-0.2, -0.15) is 0 Å². The largest absolute Gasteiger partial charge is 0.871 e. The van der Waals surface area contributed by atoms with E-state index in [1.807, 2.05) is 0 Å². The molecule has 0 unspecified atom stereocenters. The molecule has 1 aromatic carbocycles. The van der Waals surface area contributed by atoms with Crippen LogP contribution >= 0.6 is 0 Å². The number of nitrogens with zero attached hydrogens (tertiary/aromatic N) is 1. The van der Waals surface area contributed by atoms with Crippen molar-refractivity contribution < 1.29 is 14.8 Å². The van der Waals surface area contributed by atoms with E-state index in [9.17, 15) is 20.0 Å². The summed E-state index contributed by atoms with van der Waals surface area (Å²) in [6.07, 6.45) is 0.292. The molecule has 68 valence electrons. The number of carbonyl (C=O) groups is 1. The smallest absolute Gasteiger partial charge is 0.271 e. The highest BCUT2D eigenvalue weighted by Crippen LogP contribution is 2.24. The fraction of sp³-hybridized carbons (Fsp3) is 0. The lowest BCUT2D eigenvalue weighted by Crippen LogP contribution is -2.01. The van der Waals surface area contributed by atoms with E-state index in [0.29, 0.717) is 6.41 Å². The molecule has 6 heteroatoms. The number of amides is 1. The lowest BCUT2D eigenvalue weighted by atomic mass is 10.2. The van der Waals surface area contributed by atoms with E-state index in [1.165, 1.54) is 0 Å². The normalized spacial score (nSPS) is 9.23. The number of hydrogen-bond acceptors (Lipinski definition) is 4. The van der Waals surface area contributed by atoms with Crippen molar-refractivity contribution in [3.8, 4) is 5.75 Å². The van der Waals surface area contributed by atoms with Crippen molar-refractivity contribution in [1.82, 2.24) is 0 Å². The molecule has 1 N–H and O–H groups in total. The van der Waals surface area contributed by atoms with Gasteiger partial charge in [-0.3, -0.25) is 14.9 Å². The molecule has 6 nitrogen and oxygen atoms in total. The van der Waals surface area contributed by atoms with Crippen molar-refractivity contribution in [3.05, 3.63) is 28.3 Å². The molecule has 0 atom stereocenters. The summed E-state index contributed by atoms with van der Waals surface area (Å²) in [7, 11) is 0. The third kappa shape index (κ3) is 1.92. The Morgan fingerprint density at radius 1 is 1.46 bits per heavy atom. The van der Waals surface area contributed by atoms with Crippen molar-refractivity contribution in [2.75, 3.05) is 5.32 Å². The molecule has 13 heavy (non-hydrogen) atoms. The Morgan fingerprint density at radius 3 is 2.69 bits per heavy atom. The van der Waals surface area contributed by atoms with Crippen LogP contribution in [-0.4, -0.2) is 11.3 Å². The zero-order valence-corrected chi connectivity index (χ0v) is 6.39. The van der Waals surface area contributed by atoms with Crippen molar-refractivity contribution in [2.45, 2.75) is 0 Å². The van der Waals surface area contributed by atoms with Crippen LogP contribution in [0.5, 0.6) is 5.75 Å². The predicted octanol–water partition coefficient (Wildman–Crippen LogP) is 0.237. The molecule has 1 rings (SSSR count). The predicted molar refractivity (Wildman–Crippen MR) is 42.2 cm³/mol. The number of hydrogen-bond donors (Lipinski definition) is 1. The number of nitrogens with one attached hydrogen (secondary N) is 1. The lowest BCUT2D eigenvalue weighted by molar-refractivity contribution is -0.385. The molecule has 0 radical (unpaired) electrons. The first-order valence-corrected chi connectivity index (χ1v) is 3.31. The van der Waals surface area contributed by atoms with Gasteiger partial charge in [0.05, 0.1) is 4.92 Å². The van der Waals surface area contributed by atoms with Crippen molar-refractivity contribution in [3.63, 3.8) is 0 Å². The van der Waals surface area contributed by atoms with Gasteiger partial charge in [-0.25, -0.2) is 0 Å². The third-order valence-electron chi connectivity index (χ3n) is 1.39. The van der Waals surface area contributed by atoms with Crippen LogP contribution < -0.4 is 10.4 Å². The maximum atomic E-state index is 10.9. The average Bonchev–Trinajstić information content (AvgIpc) is 2.08. The number of nitro groups is 1. The van der Waals surface area contributed by atoms with Crippen LogP contribution in [0.3, 0.4) is 0 Å². The Morgan fingerprint density at radius 2 is 2.15 bits per heavy atom. The summed E-state index contributed by atoms with van der Waals surface area (Å²) >= 11 is 0. The molecule has 0 aliphatic rings. The molecule has 0 spiro atoms. The van der Waals surface area contributed by atoms with E-state index in [1.54, 1.807) is 0 Å². The Bertz CT molecular complexity index is 350. The van der Waals surface area contributed by atoms with Crippen molar-refractivity contribution in [2.24, 2.45) is 0 Å². The topological polar surface area (TPSA) is 95.3 Å². The van der Waals surface area contributed by atoms with Crippen LogP contribution in [0.25, 0.3) is 0 Å². The monoisotopic (exact) mass is 181 g/mol. The van der Waals surface area contributed by atoms with Crippen molar-refractivity contribution >= 4 is 17.8 Å². The van der Waals surface area contributed by atoms with E-state index >= 15 is 0 Å². The van der Waals surface area contributed by atoms with Crippen LogP contribution in [0.4, 0.5) is 11.4 Å². The summed E-state index contributed by atoms with van der Waals surface area (Å²) in [5.41, 5.74) is -0.326. The zero-order chi connectivity index (χ0) is 9.84. The molecule has 0 fully saturated rings. The maximum Gasteiger partial charge on any atom is 0.271 e. The van der Waals surface area contributed by atoms with Gasteiger partial charge < -0.3 is 10.4 Å².